The highest BCUT2D eigenvalue weighted by atomic mass is 32.2. The summed E-state index contributed by atoms with van der Waals surface area (Å²) in [6, 6.07) is 0.930. The van der Waals surface area contributed by atoms with Crippen molar-refractivity contribution in [1.82, 2.24) is 24.8 Å². The number of aryl methyl sites for hydroxylation is 1. The first-order valence-corrected chi connectivity index (χ1v) is 12.5. The zero-order valence-corrected chi connectivity index (χ0v) is 20.7. The van der Waals surface area contributed by atoms with E-state index in [2.05, 4.69) is 20.4 Å². The average molecular weight is 530 g/mol. The molecule has 2 atom stereocenters. The maximum absolute atomic E-state index is 13.0. The number of oxime groups is 1. The van der Waals surface area contributed by atoms with Crippen LogP contribution in [-0.2, 0) is 32.8 Å². The zero-order valence-electron chi connectivity index (χ0n) is 19.1. The fraction of sp³-hybridized carbons (Fsp3) is 0.286. The van der Waals surface area contributed by atoms with Crippen LogP contribution in [0.1, 0.15) is 5.69 Å². The Balaban J connectivity index is 1.36. The number of hydrogen-bond donors (Lipinski definition) is 3. The van der Waals surface area contributed by atoms with Crippen molar-refractivity contribution in [2.24, 2.45) is 12.2 Å². The number of thiazole rings is 1. The molecule has 5 rings (SSSR count). The summed E-state index contributed by atoms with van der Waals surface area (Å²) < 4.78 is 3.73. The second kappa shape index (κ2) is 9.23. The summed E-state index contributed by atoms with van der Waals surface area (Å²) in [4.78, 5) is 52.4. The van der Waals surface area contributed by atoms with Gasteiger partial charge < -0.3 is 25.6 Å². The molecule has 4 N–H and O–H groups in total. The van der Waals surface area contributed by atoms with E-state index in [1.165, 1.54) is 23.8 Å². The summed E-state index contributed by atoms with van der Waals surface area (Å²) in [6.07, 6.45) is 5.41. The highest BCUT2D eigenvalue weighted by molar-refractivity contribution is 8.00. The molecule has 1 unspecified atom stereocenters. The van der Waals surface area contributed by atoms with E-state index in [0.717, 1.165) is 22.4 Å². The Morgan fingerprint density at radius 3 is 2.94 bits per heavy atom. The van der Waals surface area contributed by atoms with Crippen molar-refractivity contribution in [3.8, 4) is 0 Å². The molecule has 5 heterocycles. The van der Waals surface area contributed by atoms with Crippen LogP contribution in [0.4, 0.5) is 5.13 Å². The predicted molar refractivity (Wildman–Crippen MR) is 131 cm³/mol. The maximum Gasteiger partial charge on any atom is 0.352 e. The van der Waals surface area contributed by atoms with Crippen LogP contribution in [0.15, 0.2) is 46.6 Å². The fourth-order valence-electron chi connectivity index (χ4n) is 4.14. The number of hydrogen-bond acceptors (Lipinski definition) is 10. The second-order valence-electron chi connectivity index (χ2n) is 8.05. The largest absolute Gasteiger partial charge is 0.477 e. The molecule has 13 nitrogen and oxygen atoms in total. The molecule has 36 heavy (non-hydrogen) atoms. The summed E-state index contributed by atoms with van der Waals surface area (Å²) in [6.45, 7) is 0.291. The van der Waals surface area contributed by atoms with Gasteiger partial charge in [-0.2, -0.15) is 4.57 Å². The number of carboxylic acid groups (broad SMARTS) is 1. The van der Waals surface area contributed by atoms with Gasteiger partial charge >= 0.3 is 5.97 Å². The Labute approximate surface area is 212 Å². The molecule has 0 saturated carbocycles. The van der Waals surface area contributed by atoms with Gasteiger partial charge in [-0.1, -0.05) is 5.16 Å². The van der Waals surface area contributed by atoms with E-state index in [1.54, 1.807) is 11.7 Å². The lowest BCUT2D eigenvalue weighted by Crippen LogP contribution is -2.71. The Morgan fingerprint density at radius 1 is 1.44 bits per heavy atom. The number of fused-ring (bicyclic) bond motifs is 2. The van der Waals surface area contributed by atoms with Gasteiger partial charge in [-0.25, -0.2) is 14.8 Å². The maximum atomic E-state index is 13.0. The van der Waals surface area contributed by atoms with Crippen molar-refractivity contribution < 1.29 is 28.9 Å². The van der Waals surface area contributed by atoms with Crippen molar-refractivity contribution in [3.05, 3.63) is 47.1 Å². The molecule has 2 aliphatic rings. The smallest absolute Gasteiger partial charge is 0.352 e. The quantitative estimate of drug-likeness (QED) is 0.161. The molecule has 0 bridgehead atoms. The molecule has 2 aliphatic heterocycles. The molecule has 15 heteroatoms. The van der Waals surface area contributed by atoms with E-state index < -0.39 is 29.2 Å². The molecule has 3 aromatic heterocycles. The predicted octanol–water partition coefficient (Wildman–Crippen LogP) is -0.311. The van der Waals surface area contributed by atoms with E-state index in [0.29, 0.717) is 17.9 Å². The second-order valence-corrected chi connectivity index (χ2v) is 10.0. The number of nitrogens with zero attached hydrogens (tertiary/aromatic N) is 6. The molecule has 2 amide bonds. The highest BCUT2D eigenvalue weighted by Crippen LogP contribution is 2.40. The van der Waals surface area contributed by atoms with Crippen LogP contribution in [0.3, 0.4) is 0 Å². The van der Waals surface area contributed by atoms with Crippen molar-refractivity contribution >= 4 is 62.8 Å². The topological polar surface area (TPSA) is 169 Å². The molecule has 0 aliphatic carbocycles. The Hall–Kier alpha value is -3.98. The van der Waals surface area contributed by atoms with Crippen LogP contribution in [0.25, 0.3) is 11.0 Å². The Morgan fingerprint density at radius 2 is 2.25 bits per heavy atom. The SMILES string of the molecule is CON=C(C(=O)NC1C(=O)N2C(C(=O)O)=C(C[n+]3ccc4ncn(C)c4c3)CS[C@@H]12)c1csc(N)n1. The molecule has 1 saturated heterocycles. The number of nitrogen functional groups attached to an aromatic ring is 1. The normalized spacial score (nSPS) is 19.8. The minimum absolute atomic E-state index is 0.0649. The van der Waals surface area contributed by atoms with E-state index in [-0.39, 0.29) is 22.2 Å². The fourth-order valence-corrected chi connectivity index (χ4v) is 6.02. The number of imidazole rings is 1. The number of amides is 2. The molecular weight excluding hydrogens is 508 g/mol. The van der Waals surface area contributed by atoms with Gasteiger partial charge in [-0.15, -0.1) is 23.1 Å². The Kier molecular flexibility index (Phi) is 6.09. The van der Waals surface area contributed by atoms with Crippen LogP contribution >= 0.6 is 23.1 Å². The first-order chi connectivity index (χ1) is 17.3. The Bertz CT molecular complexity index is 1460. The van der Waals surface area contributed by atoms with Gasteiger partial charge in [0, 0.05) is 29.8 Å². The lowest BCUT2D eigenvalue weighted by atomic mass is 10.0. The first kappa shape index (κ1) is 23.7. The van der Waals surface area contributed by atoms with Crippen molar-refractivity contribution in [3.63, 3.8) is 0 Å². The first-order valence-electron chi connectivity index (χ1n) is 10.6. The number of β-lactam (4-membered cyclic amide) rings is 1. The van der Waals surface area contributed by atoms with E-state index >= 15 is 0 Å². The lowest BCUT2D eigenvalue weighted by molar-refractivity contribution is -0.687. The van der Waals surface area contributed by atoms with Gasteiger partial charge in [0.25, 0.3) is 11.8 Å². The molecule has 1 fully saturated rings. The minimum Gasteiger partial charge on any atom is -0.477 e. The number of carbonyl (C=O) groups is 3. The van der Waals surface area contributed by atoms with Crippen LogP contribution in [0, 0.1) is 0 Å². The summed E-state index contributed by atoms with van der Waals surface area (Å²) in [5.41, 5.74) is 7.99. The van der Waals surface area contributed by atoms with Gasteiger partial charge in [-0.05, 0) is 0 Å². The van der Waals surface area contributed by atoms with Crippen LogP contribution in [0.2, 0.25) is 0 Å². The summed E-state index contributed by atoms with van der Waals surface area (Å²) in [7, 11) is 3.16. The standard InChI is InChI=1S/C21H20N8O5S2/c1-27-9-23-11-3-4-28(6-13(11)27)5-10-7-35-19-15(18(31)29(19)16(10)20(32)33)25-17(30)14(26-34-2)12-8-36-21(22)24-12/h3-4,6,8-9,15,19H,5,7H2,1-2H3,(H3-,22,24,25,30,32,33)/p+1/t15?,19-/m0/s1. The molecule has 0 radical (unpaired) electrons. The molecule has 0 aromatic carbocycles. The van der Waals surface area contributed by atoms with Crippen LogP contribution in [0.5, 0.6) is 0 Å². The van der Waals surface area contributed by atoms with Gasteiger partial charge in [0.15, 0.2) is 29.8 Å². The number of aromatic nitrogens is 4. The summed E-state index contributed by atoms with van der Waals surface area (Å²) in [5, 5.41) is 17.6. The third kappa shape index (κ3) is 4.05. The van der Waals surface area contributed by atoms with E-state index in [9.17, 15) is 19.5 Å². The van der Waals surface area contributed by atoms with E-state index in [1.807, 2.05) is 34.6 Å². The molecule has 186 valence electrons. The van der Waals surface area contributed by atoms with Gasteiger partial charge in [0.1, 0.15) is 40.9 Å². The monoisotopic (exact) mass is 529 g/mol. The number of carboxylic acids is 1. The number of nitrogens with two attached hydrogens (primary N) is 1. The van der Waals surface area contributed by atoms with Crippen molar-refractivity contribution in [2.75, 3.05) is 18.6 Å². The number of thioether (sulfide) groups is 1. The highest BCUT2D eigenvalue weighted by Gasteiger charge is 2.54. The van der Waals surface area contributed by atoms with Gasteiger partial charge in [0.05, 0.1) is 6.33 Å². The number of nitrogens with one attached hydrogen (secondary N) is 1. The number of aliphatic carboxylic acids is 1. The molecule has 3 aromatic rings. The van der Waals surface area contributed by atoms with Gasteiger partial charge in [0.2, 0.25) is 0 Å². The van der Waals surface area contributed by atoms with Crippen LogP contribution in [-0.4, -0.2) is 72.3 Å². The number of pyridine rings is 1. The van der Waals surface area contributed by atoms with Crippen LogP contribution < -0.4 is 15.6 Å². The average Bonchev–Trinajstić information content (AvgIpc) is 3.45. The van der Waals surface area contributed by atoms with E-state index in [4.69, 9.17) is 10.6 Å². The molecule has 0 spiro atoms. The molecular formula is C21H21N8O5S2+. The third-order valence-corrected chi connectivity index (χ3v) is 7.81. The number of rotatable bonds is 7. The summed E-state index contributed by atoms with van der Waals surface area (Å²) >= 11 is 2.51. The zero-order chi connectivity index (χ0) is 25.6. The van der Waals surface area contributed by atoms with Gasteiger partial charge in [-0.3, -0.25) is 14.5 Å². The minimum atomic E-state index is -1.20. The number of carbonyl (C=O) groups excluding carboxylic acids is 2. The van der Waals surface area contributed by atoms with Crippen molar-refractivity contribution in [1.29, 1.82) is 0 Å². The van der Waals surface area contributed by atoms with Crippen molar-refractivity contribution in [2.45, 2.75) is 18.0 Å². The third-order valence-electron chi connectivity index (χ3n) is 5.80. The lowest BCUT2D eigenvalue weighted by Gasteiger charge is -2.49. The number of anilines is 1. The summed E-state index contributed by atoms with van der Waals surface area (Å²) in [5.74, 6) is -2.01.